The Hall–Kier alpha value is -1.30. The summed E-state index contributed by atoms with van der Waals surface area (Å²) in [5, 5.41) is 4.10. The second kappa shape index (κ2) is 9.05. The highest BCUT2D eigenvalue weighted by Gasteiger charge is 2.40. The van der Waals surface area contributed by atoms with E-state index in [-0.39, 0.29) is 11.5 Å². The number of halogens is 2. The quantitative estimate of drug-likeness (QED) is 0.534. The lowest BCUT2D eigenvalue weighted by molar-refractivity contribution is 0.0592. The van der Waals surface area contributed by atoms with E-state index >= 15 is 0 Å². The number of fused-ring (bicyclic) bond motifs is 1. The minimum Gasteiger partial charge on any atom is -0.378 e. The van der Waals surface area contributed by atoms with Crippen LogP contribution in [0.4, 0.5) is 8.78 Å². The summed E-state index contributed by atoms with van der Waals surface area (Å²) in [5.74, 6) is 0.0373. The Morgan fingerprint density at radius 2 is 2.17 bits per heavy atom. The SMILES string of the molecule is CC[C@@H](C)CCC1NC=C(C2CC(C3=CC=C(C(C)(F)F)CC3)C3=NCCN3C2)S1. The maximum absolute atomic E-state index is 13.7. The molecule has 0 aromatic carbocycles. The van der Waals surface area contributed by atoms with Gasteiger partial charge in [0, 0.05) is 43.0 Å². The van der Waals surface area contributed by atoms with Gasteiger partial charge in [-0.15, -0.1) is 11.8 Å². The molecule has 0 aromatic heterocycles. The molecule has 1 fully saturated rings. The van der Waals surface area contributed by atoms with Crippen LogP contribution < -0.4 is 5.32 Å². The zero-order valence-corrected chi connectivity index (χ0v) is 19.3. The Kier molecular flexibility index (Phi) is 6.61. The summed E-state index contributed by atoms with van der Waals surface area (Å²) in [6.45, 7) is 8.50. The van der Waals surface area contributed by atoms with Crippen molar-refractivity contribution in [2.24, 2.45) is 22.7 Å². The molecule has 4 rings (SSSR count). The summed E-state index contributed by atoms with van der Waals surface area (Å²) in [7, 11) is 0. The van der Waals surface area contributed by atoms with Gasteiger partial charge in [-0.2, -0.15) is 0 Å². The minimum atomic E-state index is -2.71. The number of thioether (sulfide) groups is 1. The molecule has 1 saturated heterocycles. The van der Waals surface area contributed by atoms with Crippen molar-refractivity contribution < 1.29 is 8.78 Å². The van der Waals surface area contributed by atoms with Crippen LogP contribution in [0.5, 0.6) is 0 Å². The number of aliphatic imine (C=N–C) groups is 1. The Balaban J connectivity index is 1.44. The standard InChI is InChI=1S/C24H35F2N3S/c1-4-16(2)5-10-22-28-14-21(30-22)18-13-20(23-27-11-12-29(23)15-18)17-6-8-19(9-7-17)24(3,25)26/h6,8,14,16,18,20,22,28H,4-5,7,9-13,15H2,1-3H3/t16-,18?,20?,22?/m1/s1. The maximum atomic E-state index is 13.7. The molecule has 166 valence electrons. The number of hydrogen-bond acceptors (Lipinski definition) is 4. The Labute approximate surface area is 184 Å². The Morgan fingerprint density at radius 3 is 2.87 bits per heavy atom. The average molecular weight is 436 g/mol. The van der Waals surface area contributed by atoms with Crippen LogP contribution in [0.25, 0.3) is 0 Å². The van der Waals surface area contributed by atoms with E-state index in [1.807, 2.05) is 17.8 Å². The normalized spacial score (nSPS) is 30.2. The van der Waals surface area contributed by atoms with Crippen molar-refractivity contribution in [2.75, 3.05) is 19.6 Å². The van der Waals surface area contributed by atoms with E-state index in [4.69, 9.17) is 4.99 Å². The molecule has 0 bridgehead atoms. The van der Waals surface area contributed by atoms with E-state index < -0.39 is 5.92 Å². The lowest BCUT2D eigenvalue weighted by Crippen LogP contribution is -2.44. The topological polar surface area (TPSA) is 27.6 Å². The molecule has 3 aliphatic heterocycles. The predicted octanol–water partition coefficient (Wildman–Crippen LogP) is 5.97. The zero-order valence-electron chi connectivity index (χ0n) is 18.5. The van der Waals surface area contributed by atoms with Crippen LogP contribution >= 0.6 is 11.8 Å². The van der Waals surface area contributed by atoms with Crippen molar-refractivity contribution in [3.63, 3.8) is 0 Å². The highest BCUT2D eigenvalue weighted by molar-refractivity contribution is 8.03. The van der Waals surface area contributed by atoms with E-state index in [2.05, 4.69) is 30.3 Å². The maximum Gasteiger partial charge on any atom is 0.266 e. The van der Waals surface area contributed by atoms with Gasteiger partial charge < -0.3 is 10.2 Å². The molecule has 1 N–H and O–H groups in total. The molecule has 0 aromatic rings. The van der Waals surface area contributed by atoms with Crippen LogP contribution in [0.1, 0.15) is 59.3 Å². The Bertz CT molecular complexity index is 765. The van der Waals surface area contributed by atoms with Crippen molar-refractivity contribution in [3.8, 4) is 0 Å². The predicted molar refractivity (Wildman–Crippen MR) is 123 cm³/mol. The number of allylic oxidation sites excluding steroid dienone is 3. The first-order valence-corrected chi connectivity index (χ1v) is 12.4. The lowest BCUT2D eigenvalue weighted by Gasteiger charge is -2.39. The van der Waals surface area contributed by atoms with Gasteiger partial charge in [-0.05, 0) is 43.6 Å². The summed E-state index contributed by atoms with van der Waals surface area (Å²) in [4.78, 5) is 8.72. The van der Waals surface area contributed by atoms with Gasteiger partial charge in [0.15, 0.2) is 0 Å². The monoisotopic (exact) mass is 435 g/mol. The second-order valence-electron chi connectivity index (χ2n) is 9.40. The van der Waals surface area contributed by atoms with Gasteiger partial charge in [-0.3, -0.25) is 4.99 Å². The summed E-state index contributed by atoms with van der Waals surface area (Å²) >= 11 is 2.01. The molecule has 4 atom stereocenters. The molecule has 1 aliphatic carbocycles. The lowest BCUT2D eigenvalue weighted by atomic mass is 9.79. The fourth-order valence-corrected chi connectivity index (χ4v) is 6.20. The summed E-state index contributed by atoms with van der Waals surface area (Å²) in [6.07, 6.45) is 11.8. The number of nitrogens with one attached hydrogen (secondary N) is 1. The van der Waals surface area contributed by atoms with Crippen LogP contribution in [-0.2, 0) is 0 Å². The van der Waals surface area contributed by atoms with Gasteiger partial charge in [0.05, 0.1) is 11.9 Å². The van der Waals surface area contributed by atoms with Crippen LogP contribution in [0.2, 0.25) is 0 Å². The highest BCUT2D eigenvalue weighted by Crippen LogP contribution is 2.44. The van der Waals surface area contributed by atoms with Gasteiger partial charge in [0.25, 0.3) is 5.92 Å². The molecule has 0 saturated carbocycles. The van der Waals surface area contributed by atoms with E-state index in [0.29, 0.717) is 17.7 Å². The third-order valence-corrected chi connectivity index (χ3v) is 8.52. The van der Waals surface area contributed by atoms with E-state index in [0.717, 1.165) is 45.3 Å². The number of piperidine rings is 1. The number of nitrogens with zero attached hydrogens (tertiary/aromatic N) is 2. The molecule has 3 nitrogen and oxygen atoms in total. The first kappa shape index (κ1) is 21.9. The highest BCUT2D eigenvalue weighted by atomic mass is 32.2. The number of amidine groups is 1. The molecule has 30 heavy (non-hydrogen) atoms. The van der Waals surface area contributed by atoms with Gasteiger partial charge >= 0.3 is 0 Å². The Morgan fingerprint density at radius 1 is 1.33 bits per heavy atom. The van der Waals surface area contributed by atoms with Crippen LogP contribution in [0.3, 0.4) is 0 Å². The van der Waals surface area contributed by atoms with Crippen molar-refractivity contribution in [1.82, 2.24) is 10.2 Å². The first-order chi connectivity index (χ1) is 14.3. The molecule has 4 aliphatic rings. The average Bonchev–Trinajstić information content (AvgIpc) is 3.40. The molecular weight excluding hydrogens is 400 g/mol. The zero-order chi connectivity index (χ0) is 21.3. The van der Waals surface area contributed by atoms with Crippen LogP contribution in [0.15, 0.2) is 39.4 Å². The molecule has 0 radical (unpaired) electrons. The molecule has 0 amide bonds. The summed E-state index contributed by atoms with van der Waals surface area (Å²) in [5.41, 5.74) is 1.54. The van der Waals surface area contributed by atoms with Crippen molar-refractivity contribution in [1.29, 1.82) is 0 Å². The van der Waals surface area contributed by atoms with Gasteiger partial charge in [0.1, 0.15) is 5.84 Å². The van der Waals surface area contributed by atoms with Gasteiger partial charge in [-0.25, -0.2) is 8.78 Å². The fraction of sp³-hybridized carbons (Fsp3) is 0.708. The van der Waals surface area contributed by atoms with E-state index in [1.54, 1.807) is 6.08 Å². The number of hydrogen-bond donors (Lipinski definition) is 1. The van der Waals surface area contributed by atoms with Crippen molar-refractivity contribution >= 4 is 17.6 Å². The van der Waals surface area contributed by atoms with Crippen molar-refractivity contribution in [2.45, 2.75) is 70.6 Å². The molecule has 3 unspecified atom stereocenters. The van der Waals surface area contributed by atoms with Gasteiger partial charge in [-0.1, -0.05) is 38.0 Å². The molecule has 0 spiro atoms. The first-order valence-electron chi connectivity index (χ1n) is 11.5. The van der Waals surface area contributed by atoms with Crippen LogP contribution in [-0.4, -0.2) is 41.7 Å². The largest absolute Gasteiger partial charge is 0.378 e. The summed E-state index contributed by atoms with van der Waals surface area (Å²) < 4.78 is 27.4. The molecule has 3 heterocycles. The van der Waals surface area contributed by atoms with E-state index in [9.17, 15) is 8.78 Å². The fourth-order valence-electron chi connectivity index (χ4n) is 4.98. The smallest absolute Gasteiger partial charge is 0.266 e. The molecular formula is C24H35F2N3S. The van der Waals surface area contributed by atoms with Crippen molar-refractivity contribution in [3.05, 3.63) is 34.4 Å². The third kappa shape index (κ3) is 4.79. The van der Waals surface area contributed by atoms with Crippen LogP contribution in [0, 0.1) is 17.8 Å². The van der Waals surface area contributed by atoms with Gasteiger partial charge in [0.2, 0.25) is 0 Å². The number of rotatable bonds is 7. The molecule has 6 heteroatoms. The summed E-state index contributed by atoms with van der Waals surface area (Å²) in [6, 6.07) is 0. The third-order valence-electron chi connectivity index (χ3n) is 7.14. The second-order valence-corrected chi connectivity index (χ2v) is 10.7. The number of alkyl halides is 2. The minimum absolute atomic E-state index is 0.256. The van der Waals surface area contributed by atoms with E-state index in [1.165, 1.54) is 35.6 Å².